The van der Waals surface area contributed by atoms with E-state index in [1.54, 1.807) is 6.20 Å². The van der Waals surface area contributed by atoms with Gasteiger partial charge in [0, 0.05) is 5.69 Å². The molecular formula is C18H17N3O2. The van der Waals surface area contributed by atoms with Gasteiger partial charge in [0.1, 0.15) is 18.2 Å². The van der Waals surface area contributed by atoms with Crippen LogP contribution >= 0.6 is 0 Å². The summed E-state index contributed by atoms with van der Waals surface area (Å²) < 4.78 is 7.11. The minimum atomic E-state index is -0.508. The highest BCUT2D eigenvalue weighted by Gasteiger charge is 2.12. The Labute approximate surface area is 134 Å². The van der Waals surface area contributed by atoms with Crippen LogP contribution < -0.4 is 5.32 Å². The van der Waals surface area contributed by atoms with E-state index in [0.29, 0.717) is 5.82 Å². The third-order valence-electron chi connectivity index (χ3n) is 3.40. The highest BCUT2D eigenvalue weighted by molar-refractivity contribution is 5.83. The summed E-state index contributed by atoms with van der Waals surface area (Å²) in [6, 6.07) is 19.3. The molecule has 0 unspecified atom stereocenters. The van der Waals surface area contributed by atoms with Crippen LogP contribution in [-0.4, -0.2) is 15.6 Å². The van der Waals surface area contributed by atoms with Gasteiger partial charge in [-0.25, -0.2) is 9.78 Å². The van der Waals surface area contributed by atoms with Crippen LogP contribution in [0.4, 0.5) is 10.6 Å². The van der Waals surface area contributed by atoms with Crippen LogP contribution in [0.2, 0.25) is 0 Å². The van der Waals surface area contributed by atoms with E-state index in [2.05, 4.69) is 10.3 Å². The minimum absolute atomic E-state index is 0.227. The number of carbonyl (C=O) groups excluding carboxylic acids is 1. The monoisotopic (exact) mass is 307 g/mol. The molecule has 0 fully saturated rings. The van der Waals surface area contributed by atoms with Crippen molar-refractivity contribution in [2.24, 2.45) is 0 Å². The van der Waals surface area contributed by atoms with Crippen molar-refractivity contribution in [3.05, 3.63) is 78.2 Å². The number of aryl methyl sites for hydroxylation is 1. The van der Waals surface area contributed by atoms with Crippen molar-refractivity contribution in [1.29, 1.82) is 0 Å². The fourth-order valence-electron chi connectivity index (χ4n) is 2.30. The third-order valence-corrected chi connectivity index (χ3v) is 3.40. The van der Waals surface area contributed by atoms with Gasteiger partial charge in [-0.2, -0.15) is 0 Å². The lowest BCUT2D eigenvalue weighted by molar-refractivity contribution is 0.155. The number of anilines is 1. The van der Waals surface area contributed by atoms with Gasteiger partial charge in [0.05, 0.1) is 6.20 Å². The fourth-order valence-corrected chi connectivity index (χ4v) is 2.30. The van der Waals surface area contributed by atoms with Crippen molar-refractivity contribution in [3.63, 3.8) is 0 Å². The van der Waals surface area contributed by atoms with Crippen molar-refractivity contribution in [2.45, 2.75) is 13.5 Å². The number of nitrogens with one attached hydrogen (secondary N) is 1. The van der Waals surface area contributed by atoms with E-state index in [0.717, 1.165) is 17.1 Å². The Balaban J connectivity index is 1.70. The second kappa shape index (κ2) is 6.79. The summed E-state index contributed by atoms with van der Waals surface area (Å²) in [7, 11) is 0. The van der Waals surface area contributed by atoms with Gasteiger partial charge in [0.25, 0.3) is 0 Å². The van der Waals surface area contributed by atoms with Crippen LogP contribution in [-0.2, 0) is 11.3 Å². The average molecular weight is 307 g/mol. The molecule has 1 amide bonds. The maximum atomic E-state index is 12.0. The van der Waals surface area contributed by atoms with Crippen molar-refractivity contribution in [1.82, 2.24) is 9.55 Å². The van der Waals surface area contributed by atoms with Crippen LogP contribution in [0.25, 0.3) is 5.69 Å². The maximum Gasteiger partial charge on any atom is 0.413 e. The van der Waals surface area contributed by atoms with Gasteiger partial charge in [-0.1, -0.05) is 48.5 Å². The first-order valence-corrected chi connectivity index (χ1v) is 7.31. The first-order chi connectivity index (χ1) is 11.2. The summed E-state index contributed by atoms with van der Waals surface area (Å²) in [5, 5.41) is 2.74. The Morgan fingerprint density at radius 3 is 2.43 bits per heavy atom. The van der Waals surface area contributed by atoms with Crippen molar-refractivity contribution < 1.29 is 9.53 Å². The first-order valence-electron chi connectivity index (χ1n) is 7.31. The number of imidazole rings is 1. The van der Waals surface area contributed by atoms with Crippen molar-refractivity contribution >= 4 is 11.9 Å². The number of aromatic nitrogens is 2. The molecule has 0 spiro atoms. The van der Waals surface area contributed by atoms with Crippen LogP contribution in [0.1, 0.15) is 11.4 Å². The second-order valence-electron chi connectivity index (χ2n) is 5.05. The largest absolute Gasteiger partial charge is 0.444 e. The zero-order valence-corrected chi connectivity index (χ0v) is 12.8. The zero-order chi connectivity index (χ0) is 16.1. The molecule has 0 saturated heterocycles. The maximum absolute atomic E-state index is 12.0. The topological polar surface area (TPSA) is 56.1 Å². The molecule has 5 nitrogen and oxygen atoms in total. The molecule has 0 aliphatic rings. The number of rotatable bonds is 4. The van der Waals surface area contributed by atoms with Crippen LogP contribution in [0, 0.1) is 6.92 Å². The number of nitrogens with zero attached hydrogens (tertiary/aromatic N) is 2. The molecule has 3 aromatic rings. The lowest BCUT2D eigenvalue weighted by Crippen LogP contribution is -2.16. The summed E-state index contributed by atoms with van der Waals surface area (Å²) >= 11 is 0. The summed E-state index contributed by atoms with van der Waals surface area (Å²) in [5.41, 5.74) is 1.87. The molecule has 1 heterocycles. The van der Waals surface area contributed by atoms with Crippen LogP contribution in [0.3, 0.4) is 0 Å². The van der Waals surface area contributed by atoms with E-state index >= 15 is 0 Å². The average Bonchev–Trinajstić information content (AvgIpc) is 2.95. The van der Waals surface area contributed by atoms with Gasteiger partial charge >= 0.3 is 6.09 Å². The van der Waals surface area contributed by atoms with Gasteiger partial charge in [-0.15, -0.1) is 0 Å². The predicted octanol–water partition coefficient (Wildman–Crippen LogP) is 3.93. The summed E-state index contributed by atoms with van der Waals surface area (Å²) in [6.45, 7) is 2.11. The standard InChI is InChI=1S/C18H17N3O2/c1-14-19-12-17(21(14)16-10-6-3-7-11-16)20-18(22)23-13-15-8-4-2-5-9-15/h2-12H,13H2,1H3,(H,20,22). The molecule has 0 radical (unpaired) electrons. The predicted molar refractivity (Wildman–Crippen MR) is 88.6 cm³/mol. The molecule has 5 heteroatoms. The lowest BCUT2D eigenvalue weighted by atomic mass is 10.2. The van der Waals surface area contributed by atoms with E-state index in [1.807, 2.05) is 72.2 Å². The number of benzene rings is 2. The molecule has 23 heavy (non-hydrogen) atoms. The number of hydrogen-bond donors (Lipinski definition) is 1. The highest BCUT2D eigenvalue weighted by Crippen LogP contribution is 2.18. The van der Waals surface area contributed by atoms with Crippen LogP contribution in [0.15, 0.2) is 66.9 Å². The van der Waals surface area contributed by atoms with E-state index in [4.69, 9.17) is 4.74 Å². The highest BCUT2D eigenvalue weighted by atomic mass is 16.5. The molecule has 0 aliphatic heterocycles. The zero-order valence-electron chi connectivity index (χ0n) is 12.8. The molecule has 0 atom stereocenters. The number of ether oxygens (including phenoxy) is 1. The van der Waals surface area contributed by atoms with Crippen LogP contribution in [0.5, 0.6) is 0 Å². The Hall–Kier alpha value is -3.08. The second-order valence-corrected chi connectivity index (χ2v) is 5.05. The van der Waals surface area contributed by atoms with Gasteiger partial charge in [-0.05, 0) is 24.6 Å². The van der Waals surface area contributed by atoms with E-state index in [1.165, 1.54) is 0 Å². The van der Waals surface area contributed by atoms with Gasteiger partial charge in [-0.3, -0.25) is 9.88 Å². The molecule has 1 aromatic heterocycles. The molecule has 0 saturated carbocycles. The van der Waals surface area contributed by atoms with E-state index in [9.17, 15) is 4.79 Å². The summed E-state index contributed by atoms with van der Waals surface area (Å²) in [5.74, 6) is 1.36. The number of hydrogen-bond acceptors (Lipinski definition) is 3. The Morgan fingerprint density at radius 2 is 1.74 bits per heavy atom. The Kier molecular flexibility index (Phi) is 4.38. The summed E-state index contributed by atoms with van der Waals surface area (Å²) in [4.78, 5) is 16.3. The molecule has 0 aliphatic carbocycles. The Bertz CT molecular complexity index is 783. The van der Waals surface area contributed by atoms with Gasteiger partial charge in [0.2, 0.25) is 0 Å². The number of carbonyl (C=O) groups is 1. The van der Waals surface area contributed by atoms with Gasteiger partial charge in [0.15, 0.2) is 0 Å². The van der Waals surface area contributed by atoms with Crippen molar-refractivity contribution in [2.75, 3.05) is 5.32 Å². The molecule has 3 rings (SSSR count). The first kappa shape index (κ1) is 14.8. The molecule has 116 valence electrons. The van der Waals surface area contributed by atoms with E-state index in [-0.39, 0.29) is 6.61 Å². The smallest absolute Gasteiger partial charge is 0.413 e. The number of para-hydroxylation sites is 1. The minimum Gasteiger partial charge on any atom is -0.444 e. The third kappa shape index (κ3) is 3.58. The fraction of sp³-hybridized carbons (Fsp3) is 0.111. The molecule has 2 aromatic carbocycles. The van der Waals surface area contributed by atoms with E-state index < -0.39 is 6.09 Å². The number of amides is 1. The van der Waals surface area contributed by atoms with Gasteiger partial charge < -0.3 is 4.74 Å². The quantitative estimate of drug-likeness (QED) is 0.794. The van der Waals surface area contributed by atoms with Crippen molar-refractivity contribution in [3.8, 4) is 5.69 Å². The normalized spacial score (nSPS) is 10.3. The molecule has 0 bridgehead atoms. The lowest BCUT2D eigenvalue weighted by Gasteiger charge is -2.11. The summed E-state index contributed by atoms with van der Waals surface area (Å²) in [6.07, 6.45) is 1.11. The molecular weight excluding hydrogens is 290 g/mol. The molecule has 1 N–H and O–H groups in total. The Morgan fingerprint density at radius 1 is 1.09 bits per heavy atom. The SMILES string of the molecule is Cc1ncc(NC(=O)OCc2ccccc2)n1-c1ccccc1.